The third-order valence-corrected chi connectivity index (χ3v) is 2.72. The molecule has 0 spiro atoms. The van der Waals surface area contributed by atoms with Crippen LogP contribution in [0.25, 0.3) is 0 Å². The summed E-state index contributed by atoms with van der Waals surface area (Å²) in [6.45, 7) is 4.60. The molecule has 0 aromatic carbocycles. The van der Waals surface area contributed by atoms with Crippen LogP contribution in [0.15, 0.2) is 4.99 Å². The van der Waals surface area contributed by atoms with E-state index in [1.807, 2.05) is 25.6 Å². The van der Waals surface area contributed by atoms with Gasteiger partial charge in [-0.2, -0.15) is 0 Å². The summed E-state index contributed by atoms with van der Waals surface area (Å²) in [6.07, 6.45) is 1.03. The van der Waals surface area contributed by atoms with Gasteiger partial charge in [-0.1, -0.05) is 11.6 Å². The first kappa shape index (κ1) is 18.6. The predicted octanol–water partition coefficient (Wildman–Crippen LogP) is 2.37. The molecule has 0 aliphatic carbocycles. The van der Waals surface area contributed by atoms with E-state index in [2.05, 4.69) is 15.9 Å². The fourth-order valence-electron chi connectivity index (χ4n) is 1.02. The van der Waals surface area contributed by atoms with Gasteiger partial charge in [-0.05, 0) is 26.0 Å². The molecule has 3 nitrogen and oxygen atoms in total. The number of aliphatic imine (C=N–C) groups is 1. The molecular weight excluding hydrogens is 268 g/mol. The summed E-state index contributed by atoms with van der Waals surface area (Å²) in [7, 11) is 4.10. The van der Waals surface area contributed by atoms with E-state index in [1.54, 1.807) is 0 Å². The Morgan fingerprint density at radius 2 is 2.06 bits per heavy atom. The monoisotopic (exact) mass is 288 g/mol. The lowest BCUT2D eigenvalue weighted by Crippen LogP contribution is -2.21. The van der Waals surface area contributed by atoms with E-state index < -0.39 is 0 Å². The zero-order valence-electron chi connectivity index (χ0n) is 10.1. The second-order valence-electron chi connectivity index (χ2n) is 3.51. The summed E-state index contributed by atoms with van der Waals surface area (Å²) < 4.78 is 1.81. The number of nitrogens with zero attached hydrogens (tertiary/aromatic N) is 3. The lowest BCUT2D eigenvalue weighted by Gasteiger charge is -2.05. The van der Waals surface area contributed by atoms with Crippen LogP contribution in [0, 0.1) is 0 Å². The Morgan fingerprint density at radius 1 is 1.44 bits per heavy atom. The van der Waals surface area contributed by atoms with Crippen molar-refractivity contribution in [1.29, 1.82) is 0 Å². The first-order chi connectivity index (χ1) is 7.11. The quantitative estimate of drug-likeness (QED) is 0.231. The smallest absolute Gasteiger partial charge is 0.307 e. The molecule has 16 heavy (non-hydrogen) atoms. The number of hydrogen-bond acceptors (Lipinski definition) is 2. The molecule has 0 fully saturated rings. The van der Waals surface area contributed by atoms with Crippen LogP contribution >= 0.6 is 35.6 Å². The Hall–Kier alpha value is 0.210. The average molecular weight is 290 g/mol. The van der Waals surface area contributed by atoms with Crippen LogP contribution < -0.4 is 0 Å². The highest BCUT2D eigenvalue weighted by molar-refractivity contribution is 6.27. The molecule has 6 heteroatoms. The maximum absolute atomic E-state index is 5.96. The summed E-state index contributed by atoms with van der Waals surface area (Å²) in [5.41, 5.74) is -0.214. The maximum Gasteiger partial charge on any atom is 0.307 e. The number of alkyl halides is 2. The minimum absolute atomic E-state index is 0. The van der Waals surface area contributed by atoms with Gasteiger partial charge >= 0.3 is 6.01 Å². The fraction of sp³-hybridized carbons (Fsp3) is 0.900. The van der Waals surface area contributed by atoms with E-state index in [0.717, 1.165) is 26.1 Å². The molecule has 0 bridgehead atoms. The molecule has 0 amide bonds. The normalized spacial score (nSPS) is 11.6. The Bertz CT molecular complexity index is 225. The van der Waals surface area contributed by atoms with E-state index in [4.69, 9.17) is 23.2 Å². The largest absolute Gasteiger partial charge is 0.309 e. The molecule has 0 rings (SSSR count). The summed E-state index contributed by atoms with van der Waals surface area (Å²) in [5, 5.41) is 0. The van der Waals surface area contributed by atoms with E-state index in [9.17, 15) is 0 Å². The van der Waals surface area contributed by atoms with Gasteiger partial charge in [-0.15, -0.1) is 24.0 Å². The topological polar surface area (TPSA) is 18.6 Å². The van der Waals surface area contributed by atoms with Crippen molar-refractivity contribution < 1.29 is 4.58 Å². The number of hydrogen-bond donors (Lipinski definition) is 0. The van der Waals surface area contributed by atoms with E-state index in [-0.39, 0.29) is 17.9 Å². The Morgan fingerprint density at radius 3 is 2.50 bits per heavy atom. The molecule has 0 heterocycles. The van der Waals surface area contributed by atoms with Crippen molar-refractivity contribution in [3.05, 3.63) is 0 Å². The van der Waals surface area contributed by atoms with Crippen LogP contribution in [-0.4, -0.2) is 60.6 Å². The van der Waals surface area contributed by atoms with Crippen molar-refractivity contribution in [2.45, 2.75) is 18.8 Å². The van der Waals surface area contributed by atoms with Gasteiger partial charge in [0.05, 0.1) is 12.4 Å². The van der Waals surface area contributed by atoms with Crippen LogP contribution in [0.5, 0.6) is 0 Å². The van der Waals surface area contributed by atoms with Crippen LogP contribution in [0.3, 0.4) is 0 Å². The van der Waals surface area contributed by atoms with Gasteiger partial charge in [-0.25, -0.2) is 4.58 Å². The lowest BCUT2D eigenvalue weighted by atomic mass is 10.4. The molecule has 1 unspecified atom stereocenters. The van der Waals surface area contributed by atoms with Crippen LogP contribution in [0.4, 0.5) is 0 Å². The minimum atomic E-state index is -0.214. The van der Waals surface area contributed by atoms with Gasteiger partial charge in [0.1, 0.15) is 6.54 Å². The van der Waals surface area contributed by atoms with Gasteiger partial charge in [0.2, 0.25) is 0 Å². The van der Waals surface area contributed by atoms with Gasteiger partial charge in [0.25, 0.3) is 0 Å². The molecule has 0 aliphatic rings. The van der Waals surface area contributed by atoms with E-state index in [1.165, 1.54) is 0 Å². The standard InChI is InChI=1S/C10H20Cl2N3.ClH/c1-4-15(10(12)8-11)9-13-6-5-7-14(2)3;/h10H,4-8H2,1-3H3;1H/q+1;. The van der Waals surface area contributed by atoms with Crippen molar-refractivity contribution in [3.8, 4) is 0 Å². The first-order valence-electron chi connectivity index (χ1n) is 5.15. The maximum atomic E-state index is 5.96. The second-order valence-corrected chi connectivity index (χ2v) is 4.33. The van der Waals surface area contributed by atoms with Gasteiger partial charge in [0, 0.05) is 13.0 Å². The van der Waals surface area contributed by atoms with Crippen molar-refractivity contribution >= 4 is 41.6 Å². The minimum Gasteiger partial charge on any atom is -0.309 e. The Kier molecular flexibility index (Phi) is 13.6. The lowest BCUT2D eigenvalue weighted by molar-refractivity contribution is -0.530. The second kappa shape index (κ2) is 11.7. The molecule has 0 saturated heterocycles. The van der Waals surface area contributed by atoms with Crippen LogP contribution in [0.2, 0.25) is 0 Å². The summed E-state index contributed by atoms with van der Waals surface area (Å²) in [5.74, 6) is 0.385. The molecule has 96 valence electrons. The average Bonchev–Trinajstić information content (AvgIpc) is 2.22. The summed E-state index contributed by atoms with van der Waals surface area (Å²) in [6, 6.07) is 2.92. The molecule has 0 aromatic rings. The first-order valence-corrected chi connectivity index (χ1v) is 6.12. The van der Waals surface area contributed by atoms with Crippen molar-refractivity contribution in [2.75, 3.05) is 39.6 Å². The zero-order chi connectivity index (χ0) is 11.7. The van der Waals surface area contributed by atoms with Gasteiger partial charge in [-0.3, -0.25) is 0 Å². The van der Waals surface area contributed by atoms with Crippen LogP contribution in [0.1, 0.15) is 13.3 Å². The van der Waals surface area contributed by atoms with Crippen molar-refractivity contribution in [2.24, 2.45) is 4.99 Å². The summed E-state index contributed by atoms with van der Waals surface area (Å²) in [4.78, 5) is 6.32. The SMILES string of the molecule is CC[N+](=C=NCCCN(C)C)C(Cl)CCl.Cl. The number of halogens is 3. The van der Waals surface area contributed by atoms with Crippen molar-refractivity contribution in [3.63, 3.8) is 0 Å². The number of rotatable bonds is 7. The Balaban J connectivity index is 0. The Labute approximate surface area is 115 Å². The van der Waals surface area contributed by atoms with Gasteiger partial charge < -0.3 is 4.90 Å². The van der Waals surface area contributed by atoms with E-state index >= 15 is 0 Å². The molecule has 0 aromatic heterocycles. The molecular formula is C10H21Cl3N3+. The molecule has 0 aliphatic heterocycles. The third-order valence-electron chi connectivity index (χ3n) is 1.88. The van der Waals surface area contributed by atoms with E-state index in [0.29, 0.717) is 5.88 Å². The molecule has 0 N–H and O–H groups in total. The highest BCUT2D eigenvalue weighted by Gasteiger charge is 2.09. The fourth-order valence-corrected chi connectivity index (χ4v) is 1.37. The third kappa shape index (κ3) is 9.44. The predicted molar refractivity (Wildman–Crippen MR) is 73.9 cm³/mol. The molecule has 0 saturated carbocycles. The highest BCUT2D eigenvalue weighted by Crippen LogP contribution is 1.99. The van der Waals surface area contributed by atoms with Crippen LogP contribution in [-0.2, 0) is 0 Å². The highest BCUT2D eigenvalue weighted by atomic mass is 35.5. The van der Waals surface area contributed by atoms with Crippen molar-refractivity contribution in [1.82, 2.24) is 4.90 Å². The molecule has 1 atom stereocenters. The summed E-state index contributed by atoms with van der Waals surface area (Å²) >= 11 is 11.6. The van der Waals surface area contributed by atoms with Gasteiger partial charge in [0.15, 0.2) is 5.50 Å². The zero-order valence-corrected chi connectivity index (χ0v) is 12.4. The molecule has 0 radical (unpaired) electrons.